The second-order valence-electron chi connectivity index (χ2n) is 7.03. The van der Waals surface area contributed by atoms with Crippen LogP contribution in [0.3, 0.4) is 0 Å². The molecule has 0 bridgehead atoms. The highest BCUT2D eigenvalue weighted by Gasteiger charge is 2.17. The number of rotatable bonds is 6. The van der Waals surface area contributed by atoms with E-state index >= 15 is 0 Å². The van der Waals surface area contributed by atoms with Gasteiger partial charge in [0.1, 0.15) is 17.8 Å². The number of benzene rings is 1. The molecule has 0 aliphatic carbocycles. The average molecular weight is 481 g/mol. The first-order valence-electron chi connectivity index (χ1n) is 9.43. The number of nitrogens with one attached hydrogen (secondary N) is 2. The van der Waals surface area contributed by atoms with E-state index in [4.69, 9.17) is 27.9 Å². The van der Waals surface area contributed by atoms with Crippen LogP contribution in [0.15, 0.2) is 36.9 Å². The molecular formula is C20H22Cl2N6O2S. The number of aromatic nitrogens is 4. The zero-order valence-electron chi connectivity index (χ0n) is 16.7. The van der Waals surface area contributed by atoms with Gasteiger partial charge in [0.15, 0.2) is 0 Å². The van der Waals surface area contributed by atoms with Crippen LogP contribution in [-0.4, -0.2) is 44.7 Å². The number of aryl methyl sites for hydroxylation is 1. The summed E-state index contributed by atoms with van der Waals surface area (Å²) in [6.07, 6.45) is 5.85. The number of amides is 1. The van der Waals surface area contributed by atoms with Crippen molar-refractivity contribution in [3.8, 4) is 5.82 Å². The summed E-state index contributed by atoms with van der Waals surface area (Å²) < 4.78 is 7.08. The molecule has 1 aliphatic rings. The number of hydrogen-bond acceptors (Lipinski definition) is 6. The summed E-state index contributed by atoms with van der Waals surface area (Å²) in [5, 5.41) is 7.13. The topological polar surface area (TPSA) is 94.0 Å². The van der Waals surface area contributed by atoms with Gasteiger partial charge in [-0.1, -0.05) is 23.2 Å². The minimum Gasteiger partial charge on any atom is -0.379 e. The molecule has 1 unspecified atom stereocenters. The van der Waals surface area contributed by atoms with Crippen molar-refractivity contribution >= 4 is 48.6 Å². The summed E-state index contributed by atoms with van der Waals surface area (Å²) in [6, 6.07) is 5.34. The molecule has 2 N–H and O–H groups in total. The molecule has 0 radical (unpaired) electrons. The van der Waals surface area contributed by atoms with Gasteiger partial charge in [-0.2, -0.15) is 18.5 Å². The number of hydrogen-bond donors (Lipinski definition) is 2. The molecule has 1 saturated heterocycles. The van der Waals surface area contributed by atoms with Crippen LogP contribution in [0, 0.1) is 6.92 Å². The molecule has 31 heavy (non-hydrogen) atoms. The zero-order chi connectivity index (χ0) is 21.1. The predicted molar refractivity (Wildman–Crippen MR) is 125 cm³/mol. The lowest BCUT2D eigenvalue weighted by atomic mass is 10.2. The van der Waals surface area contributed by atoms with Gasteiger partial charge >= 0.3 is 0 Å². The summed E-state index contributed by atoms with van der Waals surface area (Å²) in [4.78, 5) is 25.6. The van der Waals surface area contributed by atoms with E-state index in [-0.39, 0.29) is 37.7 Å². The van der Waals surface area contributed by atoms with Gasteiger partial charge in [-0.05, 0) is 37.1 Å². The number of imidazole rings is 1. The van der Waals surface area contributed by atoms with Crippen molar-refractivity contribution in [1.82, 2.24) is 24.8 Å². The second kappa shape index (κ2) is 10.3. The largest absolute Gasteiger partial charge is 0.379 e. The first kappa shape index (κ1) is 23.3. The van der Waals surface area contributed by atoms with Gasteiger partial charge in [0.05, 0.1) is 12.6 Å². The fraction of sp³-hybridized carbons (Fsp3) is 0.300. The highest BCUT2D eigenvalue weighted by Crippen LogP contribution is 2.19. The third kappa shape index (κ3) is 5.88. The molecule has 1 fully saturated rings. The first-order chi connectivity index (χ1) is 14.5. The van der Waals surface area contributed by atoms with Crippen molar-refractivity contribution in [1.29, 1.82) is 0 Å². The SMILES string of the molecule is Cc1cnc(NC2CCOC2)nc1-n1cnc(C(=O)NCc2cc(Cl)cc(Cl)c2)c1.S. The summed E-state index contributed by atoms with van der Waals surface area (Å²) in [7, 11) is 0. The lowest BCUT2D eigenvalue weighted by Crippen LogP contribution is -2.23. The number of nitrogens with zero attached hydrogens (tertiary/aromatic N) is 4. The number of carbonyl (C=O) groups is 1. The van der Waals surface area contributed by atoms with Gasteiger partial charge in [0.25, 0.3) is 5.91 Å². The zero-order valence-corrected chi connectivity index (χ0v) is 19.2. The minimum atomic E-state index is -0.307. The Morgan fingerprint density at radius 1 is 1.26 bits per heavy atom. The highest BCUT2D eigenvalue weighted by molar-refractivity contribution is 7.59. The van der Waals surface area contributed by atoms with E-state index in [1.807, 2.05) is 6.92 Å². The summed E-state index contributed by atoms with van der Waals surface area (Å²) >= 11 is 12.0. The molecule has 1 amide bonds. The van der Waals surface area contributed by atoms with Crippen LogP contribution in [-0.2, 0) is 11.3 Å². The van der Waals surface area contributed by atoms with Crippen molar-refractivity contribution in [3.63, 3.8) is 0 Å². The van der Waals surface area contributed by atoms with Gasteiger partial charge in [-0.15, -0.1) is 0 Å². The Bertz CT molecular complexity index is 1050. The third-order valence-electron chi connectivity index (χ3n) is 4.64. The fourth-order valence-electron chi connectivity index (χ4n) is 3.14. The lowest BCUT2D eigenvalue weighted by molar-refractivity contribution is 0.0946. The van der Waals surface area contributed by atoms with Crippen LogP contribution in [0.2, 0.25) is 10.0 Å². The van der Waals surface area contributed by atoms with Gasteiger partial charge in [0.2, 0.25) is 5.95 Å². The smallest absolute Gasteiger partial charge is 0.271 e. The Balaban J connectivity index is 0.00000272. The van der Waals surface area contributed by atoms with E-state index < -0.39 is 0 Å². The Kier molecular flexibility index (Phi) is 7.77. The maximum absolute atomic E-state index is 12.5. The molecule has 1 aliphatic heterocycles. The monoisotopic (exact) mass is 480 g/mol. The molecule has 1 atom stereocenters. The first-order valence-corrected chi connectivity index (χ1v) is 10.2. The van der Waals surface area contributed by atoms with Gasteiger partial charge in [-0.25, -0.2) is 9.97 Å². The van der Waals surface area contributed by atoms with Crippen molar-refractivity contribution in [3.05, 3.63) is 63.8 Å². The average Bonchev–Trinajstić information content (AvgIpc) is 3.39. The van der Waals surface area contributed by atoms with Crippen molar-refractivity contribution < 1.29 is 9.53 Å². The Morgan fingerprint density at radius 3 is 2.74 bits per heavy atom. The molecule has 11 heteroatoms. The molecule has 0 spiro atoms. The minimum absolute atomic E-state index is 0. The maximum atomic E-state index is 12.5. The Morgan fingerprint density at radius 2 is 2.03 bits per heavy atom. The van der Waals surface area contributed by atoms with Crippen LogP contribution in [0.5, 0.6) is 0 Å². The number of carbonyl (C=O) groups excluding carboxylic acids is 1. The van der Waals surface area contributed by atoms with E-state index in [1.54, 1.807) is 41.5 Å². The molecule has 164 valence electrons. The number of halogens is 2. The molecule has 4 rings (SSSR count). The van der Waals surface area contributed by atoms with E-state index in [9.17, 15) is 4.79 Å². The molecule has 3 aromatic rings. The maximum Gasteiger partial charge on any atom is 0.271 e. The normalized spacial score (nSPS) is 15.4. The van der Waals surface area contributed by atoms with Crippen molar-refractivity contribution in [2.24, 2.45) is 0 Å². The molecular weight excluding hydrogens is 459 g/mol. The molecule has 3 heterocycles. The standard InChI is InChI=1S/C20H20Cl2N6O2.H2S/c1-12-7-24-20(26-16-2-3-30-10-16)27-18(12)28-9-17(25-11-28)19(29)23-8-13-4-14(21)6-15(22)5-13;/h4-7,9,11,16H,2-3,8,10H2,1H3,(H,23,29)(H,24,26,27);1H2. The Labute approximate surface area is 196 Å². The van der Waals surface area contributed by atoms with Gasteiger partial charge in [0, 0.05) is 41.2 Å². The second-order valence-corrected chi connectivity index (χ2v) is 7.90. The van der Waals surface area contributed by atoms with Crippen LogP contribution >= 0.6 is 36.7 Å². The van der Waals surface area contributed by atoms with E-state index in [2.05, 4.69) is 25.6 Å². The summed E-state index contributed by atoms with van der Waals surface area (Å²) in [5.41, 5.74) is 1.94. The highest BCUT2D eigenvalue weighted by atomic mass is 35.5. The van der Waals surface area contributed by atoms with Crippen LogP contribution in [0.1, 0.15) is 28.0 Å². The molecule has 2 aromatic heterocycles. The predicted octanol–water partition coefficient (Wildman–Crippen LogP) is 3.52. The van der Waals surface area contributed by atoms with Crippen LogP contribution < -0.4 is 10.6 Å². The number of anilines is 1. The van der Waals surface area contributed by atoms with Gasteiger partial charge < -0.3 is 15.4 Å². The molecule has 0 saturated carbocycles. The van der Waals surface area contributed by atoms with E-state index in [0.29, 0.717) is 28.4 Å². The Hall–Kier alpha value is -2.33. The van der Waals surface area contributed by atoms with E-state index in [1.165, 1.54) is 0 Å². The lowest BCUT2D eigenvalue weighted by Gasteiger charge is -2.12. The molecule has 8 nitrogen and oxygen atoms in total. The van der Waals surface area contributed by atoms with Crippen LogP contribution in [0.4, 0.5) is 5.95 Å². The van der Waals surface area contributed by atoms with Gasteiger partial charge in [-0.3, -0.25) is 9.36 Å². The van der Waals surface area contributed by atoms with Crippen molar-refractivity contribution in [2.75, 3.05) is 18.5 Å². The summed E-state index contributed by atoms with van der Waals surface area (Å²) in [5.74, 6) is 0.862. The molecule has 1 aromatic carbocycles. The summed E-state index contributed by atoms with van der Waals surface area (Å²) in [6.45, 7) is 3.56. The fourth-order valence-corrected chi connectivity index (χ4v) is 3.71. The number of ether oxygens (including phenoxy) is 1. The van der Waals surface area contributed by atoms with E-state index in [0.717, 1.165) is 24.2 Å². The van der Waals surface area contributed by atoms with Crippen molar-refractivity contribution in [2.45, 2.75) is 25.9 Å². The van der Waals surface area contributed by atoms with Crippen LogP contribution in [0.25, 0.3) is 5.82 Å². The third-order valence-corrected chi connectivity index (χ3v) is 5.08. The quantitative estimate of drug-likeness (QED) is 0.560.